The van der Waals surface area contributed by atoms with E-state index in [0.29, 0.717) is 0 Å². The Morgan fingerprint density at radius 1 is 1.38 bits per heavy atom. The minimum absolute atomic E-state index is 0.723. The molecule has 0 radical (unpaired) electrons. The predicted molar refractivity (Wildman–Crippen MR) is 66.6 cm³/mol. The van der Waals surface area contributed by atoms with E-state index in [4.69, 9.17) is 0 Å². The fraction of sp³-hybridized carbons (Fsp3) is 0.667. The standard InChI is InChI=1S/C12H20N4/c1-2-7-13-12-14-8-6-11(16-12)15-9-10-4-3-5-10/h6,8,10H,2-5,7,9H2,1H3,(H2,13,14,15,16). The highest BCUT2D eigenvalue weighted by Gasteiger charge is 2.16. The molecule has 2 N–H and O–H groups in total. The lowest BCUT2D eigenvalue weighted by molar-refractivity contribution is 0.333. The molecule has 0 unspecified atom stereocenters. The van der Waals surface area contributed by atoms with Crippen LogP contribution in [0.1, 0.15) is 32.6 Å². The molecule has 1 saturated carbocycles. The Kier molecular flexibility index (Phi) is 3.97. The number of anilines is 2. The largest absolute Gasteiger partial charge is 0.370 e. The van der Waals surface area contributed by atoms with E-state index in [0.717, 1.165) is 37.2 Å². The monoisotopic (exact) mass is 220 g/mol. The lowest BCUT2D eigenvalue weighted by Gasteiger charge is -2.25. The van der Waals surface area contributed by atoms with Crippen molar-refractivity contribution in [1.82, 2.24) is 9.97 Å². The smallest absolute Gasteiger partial charge is 0.224 e. The first-order valence-electron chi connectivity index (χ1n) is 6.19. The Bertz CT molecular complexity index is 323. The van der Waals surface area contributed by atoms with Gasteiger partial charge in [-0.1, -0.05) is 13.3 Å². The fourth-order valence-electron chi connectivity index (χ4n) is 1.72. The highest BCUT2D eigenvalue weighted by atomic mass is 15.1. The van der Waals surface area contributed by atoms with E-state index in [2.05, 4.69) is 27.5 Å². The van der Waals surface area contributed by atoms with Crippen molar-refractivity contribution in [2.24, 2.45) is 5.92 Å². The first-order chi connectivity index (χ1) is 7.88. The third kappa shape index (κ3) is 3.08. The van der Waals surface area contributed by atoms with E-state index in [9.17, 15) is 0 Å². The number of nitrogens with one attached hydrogen (secondary N) is 2. The molecule has 16 heavy (non-hydrogen) atoms. The van der Waals surface area contributed by atoms with Crippen molar-refractivity contribution in [1.29, 1.82) is 0 Å². The van der Waals surface area contributed by atoms with E-state index in [1.165, 1.54) is 19.3 Å². The summed E-state index contributed by atoms with van der Waals surface area (Å²) in [4.78, 5) is 8.58. The van der Waals surface area contributed by atoms with Crippen molar-refractivity contribution in [2.45, 2.75) is 32.6 Å². The molecule has 4 heteroatoms. The summed E-state index contributed by atoms with van der Waals surface area (Å²) >= 11 is 0. The number of aromatic nitrogens is 2. The van der Waals surface area contributed by atoms with Crippen LogP contribution in [-0.4, -0.2) is 23.1 Å². The van der Waals surface area contributed by atoms with Crippen molar-refractivity contribution in [3.63, 3.8) is 0 Å². The summed E-state index contributed by atoms with van der Waals surface area (Å²) in [6, 6.07) is 1.93. The number of hydrogen-bond donors (Lipinski definition) is 2. The molecule has 0 aliphatic heterocycles. The summed E-state index contributed by atoms with van der Waals surface area (Å²) in [5.74, 6) is 2.50. The Hall–Kier alpha value is -1.32. The van der Waals surface area contributed by atoms with Gasteiger partial charge in [0.05, 0.1) is 0 Å². The number of nitrogens with zero attached hydrogens (tertiary/aromatic N) is 2. The number of hydrogen-bond acceptors (Lipinski definition) is 4. The molecule has 1 aromatic heterocycles. The van der Waals surface area contributed by atoms with Gasteiger partial charge in [0.2, 0.25) is 5.95 Å². The van der Waals surface area contributed by atoms with Crippen LogP contribution >= 0.6 is 0 Å². The molecule has 0 aromatic carbocycles. The molecule has 0 amide bonds. The molecule has 1 fully saturated rings. The second-order valence-electron chi connectivity index (χ2n) is 4.37. The average molecular weight is 220 g/mol. The normalized spacial score (nSPS) is 15.6. The highest BCUT2D eigenvalue weighted by Crippen LogP contribution is 2.26. The molecule has 0 saturated heterocycles. The third-order valence-corrected chi connectivity index (χ3v) is 2.99. The Balaban J connectivity index is 1.82. The van der Waals surface area contributed by atoms with Gasteiger partial charge >= 0.3 is 0 Å². The summed E-state index contributed by atoms with van der Waals surface area (Å²) in [7, 11) is 0. The van der Waals surface area contributed by atoms with Crippen LogP contribution in [-0.2, 0) is 0 Å². The second-order valence-corrected chi connectivity index (χ2v) is 4.37. The van der Waals surface area contributed by atoms with Crippen LogP contribution in [0.5, 0.6) is 0 Å². The Morgan fingerprint density at radius 3 is 2.94 bits per heavy atom. The second kappa shape index (κ2) is 5.68. The van der Waals surface area contributed by atoms with Crippen LogP contribution in [0.3, 0.4) is 0 Å². The van der Waals surface area contributed by atoms with Gasteiger partial charge in [-0.05, 0) is 31.2 Å². The molecule has 1 aliphatic carbocycles. The van der Waals surface area contributed by atoms with Gasteiger partial charge in [0.25, 0.3) is 0 Å². The summed E-state index contributed by atoms with van der Waals surface area (Å²) < 4.78 is 0. The quantitative estimate of drug-likeness (QED) is 0.773. The summed E-state index contributed by atoms with van der Waals surface area (Å²) in [5.41, 5.74) is 0. The lowest BCUT2D eigenvalue weighted by atomic mass is 9.85. The minimum Gasteiger partial charge on any atom is -0.370 e. The lowest BCUT2D eigenvalue weighted by Crippen LogP contribution is -2.21. The van der Waals surface area contributed by atoms with E-state index >= 15 is 0 Å². The van der Waals surface area contributed by atoms with E-state index in [1.54, 1.807) is 6.20 Å². The van der Waals surface area contributed by atoms with Gasteiger partial charge in [-0.3, -0.25) is 0 Å². The van der Waals surface area contributed by atoms with Crippen LogP contribution in [0.25, 0.3) is 0 Å². The topological polar surface area (TPSA) is 49.8 Å². The zero-order valence-corrected chi connectivity index (χ0v) is 9.87. The van der Waals surface area contributed by atoms with Crippen LogP contribution in [0, 0.1) is 5.92 Å². The van der Waals surface area contributed by atoms with Crippen molar-refractivity contribution >= 4 is 11.8 Å². The van der Waals surface area contributed by atoms with Gasteiger partial charge < -0.3 is 10.6 Å². The molecule has 0 bridgehead atoms. The first-order valence-corrected chi connectivity index (χ1v) is 6.19. The predicted octanol–water partition coefficient (Wildman–Crippen LogP) is 2.51. The molecule has 1 aliphatic rings. The third-order valence-electron chi connectivity index (χ3n) is 2.99. The molecule has 4 nitrogen and oxygen atoms in total. The summed E-state index contributed by atoms with van der Waals surface area (Å²) in [5, 5.41) is 6.56. The molecular weight excluding hydrogens is 200 g/mol. The van der Waals surface area contributed by atoms with Gasteiger partial charge in [0, 0.05) is 19.3 Å². The van der Waals surface area contributed by atoms with Crippen molar-refractivity contribution in [3.8, 4) is 0 Å². The molecule has 0 atom stereocenters. The zero-order chi connectivity index (χ0) is 11.2. The van der Waals surface area contributed by atoms with Gasteiger partial charge in [-0.2, -0.15) is 4.98 Å². The van der Waals surface area contributed by atoms with Gasteiger partial charge in [-0.25, -0.2) is 4.98 Å². The van der Waals surface area contributed by atoms with E-state index in [1.807, 2.05) is 6.07 Å². The molecule has 1 heterocycles. The Morgan fingerprint density at radius 2 is 2.25 bits per heavy atom. The molecule has 2 rings (SSSR count). The van der Waals surface area contributed by atoms with E-state index in [-0.39, 0.29) is 0 Å². The van der Waals surface area contributed by atoms with Crippen LogP contribution in [0.2, 0.25) is 0 Å². The summed E-state index contributed by atoms with van der Waals surface area (Å²) in [6.45, 7) is 4.10. The Labute approximate surface area is 96.9 Å². The van der Waals surface area contributed by atoms with Crippen LogP contribution in [0.4, 0.5) is 11.8 Å². The molecular formula is C12H20N4. The van der Waals surface area contributed by atoms with E-state index < -0.39 is 0 Å². The molecule has 88 valence electrons. The van der Waals surface area contributed by atoms with Crippen molar-refractivity contribution in [2.75, 3.05) is 23.7 Å². The van der Waals surface area contributed by atoms with Crippen molar-refractivity contribution in [3.05, 3.63) is 12.3 Å². The fourth-order valence-corrected chi connectivity index (χ4v) is 1.72. The maximum Gasteiger partial charge on any atom is 0.224 e. The average Bonchev–Trinajstić information content (AvgIpc) is 2.25. The molecule has 0 spiro atoms. The minimum atomic E-state index is 0.723. The van der Waals surface area contributed by atoms with Gasteiger partial charge in [0.15, 0.2) is 0 Å². The van der Waals surface area contributed by atoms with Gasteiger partial charge in [0.1, 0.15) is 5.82 Å². The highest BCUT2D eigenvalue weighted by molar-refractivity contribution is 5.39. The zero-order valence-electron chi connectivity index (χ0n) is 9.87. The molecule has 1 aromatic rings. The van der Waals surface area contributed by atoms with Crippen LogP contribution < -0.4 is 10.6 Å². The van der Waals surface area contributed by atoms with Crippen LogP contribution in [0.15, 0.2) is 12.3 Å². The number of rotatable bonds is 6. The first kappa shape index (κ1) is 11.2. The summed E-state index contributed by atoms with van der Waals surface area (Å²) in [6.07, 6.45) is 6.99. The maximum atomic E-state index is 4.41. The van der Waals surface area contributed by atoms with Gasteiger partial charge in [-0.15, -0.1) is 0 Å². The van der Waals surface area contributed by atoms with Crippen molar-refractivity contribution < 1.29 is 0 Å². The maximum absolute atomic E-state index is 4.41. The SMILES string of the molecule is CCCNc1nccc(NCC2CCC2)n1.